The number of Topliss-reactive ketones (excluding diaryl/α,β-unsaturated/α-hetero) is 1. The van der Waals surface area contributed by atoms with Gasteiger partial charge in [0, 0.05) is 23.7 Å². The Morgan fingerprint density at radius 2 is 2.54 bits per heavy atom. The summed E-state index contributed by atoms with van der Waals surface area (Å²) in [4.78, 5) is 15.7. The molecule has 2 rings (SSSR count). The van der Waals surface area contributed by atoms with E-state index >= 15 is 0 Å². The minimum absolute atomic E-state index is 0.0715. The Bertz CT molecular complexity index is 329. The third-order valence-corrected chi connectivity index (χ3v) is 2.72. The molecule has 0 bridgehead atoms. The van der Waals surface area contributed by atoms with Crippen molar-refractivity contribution in [1.82, 2.24) is 10.3 Å². The monoisotopic (exact) mass is 194 g/mol. The molecule has 1 aliphatic heterocycles. The molecular formula is C9H10N2OS. The summed E-state index contributed by atoms with van der Waals surface area (Å²) in [6.45, 7) is 1.65. The molecule has 4 heteroatoms. The number of carbonyl (C=O) groups is 1. The van der Waals surface area contributed by atoms with E-state index in [0.29, 0.717) is 11.6 Å². The normalized spacial score (nSPS) is 16.8. The van der Waals surface area contributed by atoms with Crippen LogP contribution < -0.4 is 5.32 Å². The van der Waals surface area contributed by atoms with E-state index in [0.717, 1.165) is 18.5 Å². The molecule has 1 aromatic rings. The minimum Gasteiger partial charge on any atom is -0.312 e. The van der Waals surface area contributed by atoms with E-state index in [9.17, 15) is 4.79 Å². The number of rotatable bonds is 2. The fourth-order valence-corrected chi connectivity index (χ4v) is 1.90. The van der Waals surface area contributed by atoms with Crippen LogP contribution in [0.15, 0.2) is 23.2 Å². The van der Waals surface area contributed by atoms with Crippen molar-refractivity contribution in [2.24, 2.45) is 0 Å². The lowest BCUT2D eigenvalue weighted by Crippen LogP contribution is -2.25. The SMILES string of the molecule is O=C(C1=CCCNC1)c1nccs1. The Labute approximate surface area is 80.5 Å². The second-order valence-electron chi connectivity index (χ2n) is 2.86. The molecular weight excluding hydrogens is 184 g/mol. The van der Waals surface area contributed by atoms with Crippen LogP contribution in [-0.4, -0.2) is 23.9 Å². The number of nitrogens with zero attached hydrogens (tertiary/aromatic N) is 1. The van der Waals surface area contributed by atoms with Gasteiger partial charge < -0.3 is 5.32 Å². The standard InChI is InChI=1S/C9H10N2OS/c12-8(9-11-4-5-13-9)7-2-1-3-10-6-7/h2,4-5,10H,1,3,6H2. The van der Waals surface area contributed by atoms with Crippen LogP contribution in [-0.2, 0) is 0 Å². The highest BCUT2D eigenvalue weighted by Gasteiger charge is 2.15. The van der Waals surface area contributed by atoms with Crippen LogP contribution in [0.5, 0.6) is 0 Å². The Morgan fingerprint density at radius 1 is 1.62 bits per heavy atom. The van der Waals surface area contributed by atoms with Gasteiger partial charge in [0.05, 0.1) is 0 Å². The summed E-state index contributed by atoms with van der Waals surface area (Å²) >= 11 is 1.40. The molecule has 3 nitrogen and oxygen atoms in total. The summed E-state index contributed by atoms with van der Waals surface area (Å²) in [7, 11) is 0. The lowest BCUT2D eigenvalue weighted by Gasteiger charge is -2.11. The first-order chi connectivity index (χ1) is 6.38. The first-order valence-corrected chi connectivity index (χ1v) is 5.10. The Morgan fingerprint density at radius 3 is 3.15 bits per heavy atom. The van der Waals surface area contributed by atoms with Crippen molar-refractivity contribution in [3.8, 4) is 0 Å². The Kier molecular flexibility index (Phi) is 2.52. The lowest BCUT2D eigenvalue weighted by molar-refractivity contribution is 0.103. The first-order valence-electron chi connectivity index (χ1n) is 4.22. The van der Waals surface area contributed by atoms with Crippen LogP contribution in [0.4, 0.5) is 0 Å². The average Bonchev–Trinajstić information content (AvgIpc) is 2.71. The number of hydrogen-bond donors (Lipinski definition) is 1. The van der Waals surface area contributed by atoms with Crippen molar-refractivity contribution >= 4 is 17.1 Å². The van der Waals surface area contributed by atoms with Crippen molar-refractivity contribution in [2.75, 3.05) is 13.1 Å². The predicted molar refractivity (Wildman–Crippen MR) is 52.0 cm³/mol. The van der Waals surface area contributed by atoms with Crippen molar-refractivity contribution in [2.45, 2.75) is 6.42 Å². The van der Waals surface area contributed by atoms with E-state index in [1.165, 1.54) is 11.3 Å². The molecule has 68 valence electrons. The van der Waals surface area contributed by atoms with Gasteiger partial charge in [-0.2, -0.15) is 0 Å². The van der Waals surface area contributed by atoms with Crippen LogP contribution in [0, 0.1) is 0 Å². The summed E-state index contributed by atoms with van der Waals surface area (Å²) in [5.41, 5.74) is 0.848. The molecule has 2 heterocycles. The zero-order valence-corrected chi connectivity index (χ0v) is 7.93. The molecule has 0 fully saturated rings. The van der Waals surface area contributed by atoms with Crippen LogP contribution in [0.2, 0.25) is 0 Å². The Hall–Kier alpha value is -1.00. The lowest BCUT2D eigenvalue weighted by atomic mass is 10.1. The number of ketones is 1. The number of hydrogen-bond acceptors (Lipinski definition) is 4. The predicted octanol–water partition coefficient (Wildman–Crippen LogP) is 1.25. The summed E-state index contributed by atoms with van der Waals surface area (Å²) in [5.74, 6) is 0.0715. The molecule has 0 aromatic carbocycles. The summed E-state index contributed by atoms with van der Waals surface area (Å²) in [5, 5.41) is 5.58. The molecule has 0 atom stereocenters. The van der Waals surface area contributed by atoms with Gasteiger partial charge in [0.25, 0.3) is 0 Å². The number of aromatic nitrogens is 1. The van der Waals surface area contributed by atoms with Crippen molar-refractivity contribution in [3.63, 3.8) is 0 Å². The number of thiazole rings is 1. The van der Waals surface area contributed by atoms with E-state index in [1.807, 2.05) is 11.5 Å². The first kappa shape index (κ1) is 8.59. The minimum atomic E-state index is 0.0715. The molecule has 0 radical (unpaired) electrons. The molecule has 0 unspecified atom stereocenters. The molecule has 13 heavy (non-hydrogen) atoms. The van der Waals surface area contributed by atoms with Gasteiger partial charge in [-0.3, -0.25) is 4.79 Å². The van der Waals surface area contributed by atoms with E-state index < -0.39 is 0 Å². The molecule has 0 aliphatic carbocycles. The highest BCUT2D eigenvalue weighted by Crippen LogP contribution is 2.12. The molecule has 1 aliphatic rings. The third-order valence-electron chi connectivity index (χ3n) is 1.95. The van der Waals surface area contributed by atoms with E-state index in [4.69, 9.17) is 0 Å². The highest BCUT2D eigenvalue weighted by molar-refractivity contribution is 7.11. The molecule has 0 saturated heterocycles. The maximum Gasteiger partial charge on any atom is 0.218 e. The smallest absolute Gasteiger partial charge is 0.218 e. The Balaban J connectivity index is 2.17. The van der Waals surface area contributed by atoms with Crippen LogP contribution in [0.1, 0.15) is 16.2 Å². The fourth-order valence-electron chi connectivity index (χ4n) is 1.29. The average molecular weight is 194 g/mol. The largest absolute Gasteiger partial charge is 0.312 e. The second kappa shape index (κ2) is 3.81. The molecule has 0 saturated carbocycles. The van der Waals surface area contributed by atoms with Crippen LogP contribution >= 0.6 is 11.3 Å². The quantitative estimate of drug-likeness (QED) is 0.720. The molecule has 0 amide bonds. The van der Waals surface area contributed by atoms with Crippen molar-refractivity contribution in [3.05, 3.63) is 28.2 Å². The van der Waals surface area contributed by atoms with Gasteiger partial charge >= 0.3 is 0 Å². The second-order valence-corrected chi connectivity index (χ2v) is 3.76. The van der Waals surface area contributed by atoms with Gasteiger partial charge in [0.1, 0.15) is 0 Å². The molecule has 0 spiro atoms. The van der Waals surface area contributed by atoms with Gasteiger partial charge in [0.2, 0.25) is 5.78 Å². The number of carbonyl (C=O) groups excluding carboxylic acids is 1. The highest BCUT2D eigenvalue weighted by atomic mass is 32.1. The maximum atomic E-state index is 11.7. The fraction of sp³-hybridized carbons (Fsp3) is 0.333. The van der Waals surface area contributed by atoms with Gasteiger partial charge in [-0.25, -0.2) is 4.98 Å². The van der Waals surface area contributed by atoms with Crippen LogP contribution in [0.3, 0.4) is 0 Å². The van der Waals surface area contributed by atoms with E-state index in [1.54, 1.807) is 6.20 Å². The maximum absolute atomic E-state index is 11.7. The van der Waals surface area contributed by atoms with Crippen LogP contribution in [0.25, 0.3) is 0 Å². The van der Waals surface area contributed by atoms with Gasteiger partial charge in [-0.15, -0.1) is 11.3 Å². The third kappa shape index (κ3) is 1.84. The summed E-state index contributed by atoms with van der Waals surface area (Å²) in [6, 6.07) is 0. The zero-order chi connectivity index (χ0) is 9.10. The van der Waals surface area contributed by atoms with E-state index in [-0.39, 0.29) is 5.78 Å². The van der Waals surface area contributed by atoms with Crippen molar-refractivity contribution in [1.29, 1.82) is 0 Å². The summed E-state index contributed by atoms with van der Waals surface area (Å²) in [6.07, 6.45) is 4.60. The van der Waals surface area contributed by atoms with Gasteiger partial charge in [0.15, 0.2) is 5.01 Å². The zero-order valence-electron chi connectivity index (χ0n) is 7.12. The van der Waals surface area contributed by atoms with Gasteiger partial charge in [-0.1, -0.05) is 6.08 Å². The van der Waals surface area contributed by atoms with E-state index in [2.05, 4.69) is 10.3 Å². The molecule has 1 aromatic heterocycles. The molecule has 1 N–H and O–H groups in total. The van der Waals surface area contributed by atoms with Gasteiger partial charge in [-0.05, 0) is 13.0 Å². The van der Waals surface area contributed by atoms with Crippen molar-refractivity contribution < 1.29 is 4.79 Å². The number of nitrogens with one attached hydrogen (secondary N) is 1. The summed E-state index contributed by atoms with van der Waals surface area (Å²) < 4.78 is 0. The topological polar surface area (TPSA) is 42.0 Å².